The van der Waals surface area contributed by atoms with E-state index in [0.29, 0.717) is 42.8 Å². The molecule has 0 bridgehead atoms. The number of nitrogens with one attached hydrogen (secondary N) is 2. The molecule has 0 saturated heterocycles. The standard InChI is InChI=1S/C15H19ClN2O3.ClH/c16-12-5-11(6-13-15(12)21-4-3-20-13)8-18-14(19)9-17-7-10-1-2-10;/h5-6,10,17H,1-4,7-9H2,(H,18,19);1H. The van der Waals surface area contributed by atoms with Crippen molar-refractivity contribution in [3.8, 4) is 11.5 Å². The summed E-state index contributed by atoms with van der Waals surface area (Å²) >= 11 is 6.16. The van der Waals surface area contributed by atoms with Gasteiger partial charge in [0.1, 0.15) is 13.2 Å². The maximum absolute atomic E-state index is 11.7. The van der Waals surface area contributed by atoms with Gasteiger partial charge in [0.15, 0.2) is 11.5 Å². The Hall–Kier alpha value is -1.17. The average Bonchev–Trinajstić information content (AvgIpc) is 3.29. The summed E-state index contributed by atoms with van der Waals surface area (Å²) in [4.78, 5) is 11.7. The van der Waals surface area contributed by atoms with Gasteiger partial charge in [-0.2, -0.15) is 0 Å². The van der Waals surface area contributed by atoms with Crippen LogP contribution in [0, 0.1) is 5.92 Å². The first-order valence-electron chi connectivity index (χ1n) is 7.28. The molecule has 7 heteroatoms. The minimum Gasteiger partial charge on any atom is -0.486 e. The van der Waals surface area contributed by atoms with Crippen molar-refractivity contribution in [3.05, 3.63) is 22.7 Å². The van der Waals surface area contributed by atoms with Gasteiger partial charge in [-0.05, 0) is 43.0 Å². The number of fused-ring (bicyclic) bond motifs is 1. The Balaban J connectivity index is 0.00000176. The van der Waals surface area contributed by atoms with E-state index in [2.05, 4.69) is 10.6 Å². The van der Waals surface area contributed by atoms with E-state index in [-0.39, 0.29) is 18.3 Å². The van der Waals surface area contributed by atoms with E-state index in [4.69, 9.17) is 21.1 Å². The van der Waals surface area contributed by atoms with Crippen molar-refractivity contribution >= 4 is 29.9 Å². The highest BCUT2D eigenvalue weighted by molar-refractivity contribution is 6.32. The summed E-state index contributed by atoms with van der Waals surface area (Å²) in [6.45, 7) is 2.75. The van der Waals surface area contributed by atoms with Crippen molar-refractivity contribution in [2.45, 2.75) is 19.4 Å². The fourth-order valence-corrected chi connectivity index (χ4v) is 2.53. The van der Waals surface area contributed by atoms with Crippen LogP contribution in [0.5, 0.6) is 11.5 Å². The molecule has 0 atom stereocenters. The first kappa shape index (κ1) is 17.2. The van der Waals surface area contributed by atoms with Crippen molar-refractivity contribution in [1.29, 1.82) is 0 Å². The summed E-state index contributed by atoms with van der Waals surface area (Å²) < 4.78 is 11.0. The molecular weight excluding hydrogens is 327 g/mol. The minimum absolute atomic E-state index is 0. The summed E-state index contributed by atoms with van der Waals surface area (Å²) in [6, 6.07) is 3.66. The van der Waals surface area contributed by atoms with Gasteiger partial charge in [0.05, 0.1) is 11.6 Å². The maximum Gasteiger partial charge on any atom is 0.234 e. The van der Waals surface area contributed by atoms with Crippen LogP contribution in [-0.4, -0.2) is 32.2 Å². The molecular formula is C15H20Cl2N2O3. The van der Waals surface area contributed by atoms with Gasteiger partial charge < -0.3 is 20.1 Å². The summed E-state index contributed by atoms with van der Waals surface area (Å²) in [5, 5.41) is 6.55. The normalized spacial score (nSPS) is 15.9. The highest BCUT2D eigenvalue weighted by atomic mass is 35.5. The molecule has 5 nitrogen and oxygen atoms in total. The van der Waals surface area contributed by atoms with Crippen molar-refractivity contribution < 1.29 is 14.3 Å². The summed E-state index contributed by atoms with van der Waals surface area (Å²) in [7, 11) is 0. The van der Waals surface area contributed by atoms with Gasteiger partial charge >= 0.3 is 0 Å². The van der Waals surface area contributed by atoms with Crippen LogP contribution < -0.4 is 20.1 Å². The molecule has 1 saturated carbocycles. The van der Waals surface area contributed by atoms with Crippen LogP contribution in [0.15, 0.2) is 12.1 Å². The highest BCUT2D eigenvalue weighted by Gasteiger charge is 2.20. The third-order valence-corrected chi connectivity index (χ3v) is 3.84. The van der Waals surface area contributed by atoms with Crippen LogP contribution in [-0.2, 0) is 11.3 Å². The van der Waals surface area contributed by atoms with Crippen LogP contribution in [0.25, 0.3) is 0 Å². The Labute approximate surface area is 141 Å². The maximum atomic E-state index is 11.7. The molecule has 2 N–H and O–H groups in total. The predicted molar refractivity (Wildman–Crippen MR) is 87.1 cm³/mol. The molecule has 1 aliphatic carbocycles. The zero-order valence-electron chi connectivity index (χ0n) is 12.2. The monoisotopic (exact) mass is 346 g/mol. The fraction of sp³-hybridized carbons (Fsp3) is 0.533. The number of ether oxygens (including phenoxy) is 2. The van der Waals surface area contributed by atoms with Gasteiger partial charge in [0.25, 0.3) is 0 Å². The van der Waals surface area contributed by atoms with E-state index in [1.54, 1.807) is 6.07 Å². The number of benzene rings is 1. The lowest BCUT2D eigenvalue weighted by atomic mass is 10.2. The van der Waals surface area contributed by atoms with Crippen molar-refractivity contribution in [1.82, 2.24) is 10.6 Å². The number of halogens is 2. The molecule has 0 aromatic heterocycles. The van der Waals surface area contributed by atoms with Gasteiger partial charge in [-0.15, -0.1) is 12.4 Å². The number of carbonyl (C=O) groups excluding carboxylic acids is 1. The summed E-state index contributed by atoms with van der Waals surface area (Å²) in [5.74, 6) is 1.99. The first-order valence-corrected chi connectivity index (χ1v) is 7.65. The van der Waals surface area contributed by atoms with Crippen molar-refractivity contribution in [3.63, 3.8) is 0 Å². The number of hydrogen-bond acceptors (Lipinski definition) is 4. The molecule has 1 aromatic rings. The van der Waals surface area contributed by atoms with Crippen LogP contribution in [0.1, 0.15) is 18.4 Å². The molecule has 1 amide bonds. The van der Waals surface area contributed by atoms with Crippen LogP contribution in [0.3, 0.4) is 0 Å². The zero-order chi connectivity index (χ0) is 14.7. The largest absolute Gasteiger partial charge is 0.486 e. The Bertz CT molecular complexity index is 536. The van der Waals surface area contributed by atoms with Gasteiger partial charge in [-0.3, -0.25) is 4.79 Å². The second-order valence-corrected chi connectivity index (χ2v) is 5.86. The Morgan fingerprint density at radius 1 is 1.27 bits per heavy atom. The quantitative estimate of drug-likeness (QED) is 0.828. The van der Waals surface area contributed by atoms with Crippen molar-refractivity contribution in [2.24, 2.45) is 5.92 Å². The smallest absolute Gasteiger partial charge is 0.234 e. The lowest BCUT2D eigenvalue weighted by Gasteiger charge is -2.20. The van der Waals surface area contributed by atoms with E-state index in [1.165, 1.54) is 12.8 Å². The fourth-order valence-electron chi connectivity index (χ4n) is 2.24. The van der Waals surface area contributed by atoms with E-state index in [9.17, 15) is 4.79 Å². The van der Waals surface area contributed by atoms with Gasteiger partial charge in [-0.25, -0.2) is 0 Å². The zero-order valence-corrected chi connectivity index (χ0v) is 13.8. The topological polar surface area (TPSA) is 59.6 Å². The second kappa shape index (κ2) is 7.90. The molecule has 3 rings (SSSR count). The summed E-state index contributed by atoms with van der Waals surface area (Å²) in [5.41, 5.74) is 0.903. The van der Waals surface area contributed by atoms with Crippen molar-refractivity contribution in [2.75, 3.05) is 26.3 Å². The van der Waals surface area contributed by atoms with Crippen LogP contribution >= 0.6 is 24.0 Å². The molecule has 1 aromatic carbocycles. The third kappa shape index (κ3) is 4.66. The van der Waals surface area contributed by atoms with Gasteiger partial charge in [0, 0.05) is 6.54 Å². The van der Waals surface area contributed by atoms with Gasteiger partial charge in [0.2, 0.25) is 5.91 Å². The molecule has 0 spiro atoms. The number of carbonyl (C=O) groups is 1. The molecule has 2 aliphatic rings. The van der Waals surface area contributed by atoms with E-state index in [0.717, 1.165) is 18.0 Å². The molecule has 122 valence electrons. The predicted octanol–water partition coefficient (Wildman–Crippen LogP) is 2.15. The molecule has 1 aliphatic heterocycles. The second-order valence-electron chi connectivity index (χ2n) is 5.45. The lowest BCUT2D eigenvalue weighted by Crippen LogP contribution is -2.34. The highest BCUT2D eigenvalue weighted by Crippen LogP contribution is 2.38. The van der Waals surface area contributed by atoms with Crippen LogP contribution in [0.2, 0.25) is 5.02 Å². The van der Waals surface area contributed by atoms with E-state index >= 15 is 0 Å². The number of hydrogen-bond donors (Lipinski definition) is 2. The van der Waals surface area contributed by atoms with E-state index < -0.39 is 0 Å². The molecule has 0 unspecified atom stereocenters. The molecule has 0 radical (unpaired) electrons. The Morgan fingerprint density at radius 2 is 2.05 bits per heavy atom. The average molecular weight is 347 g/mol. The third-order valence-electron chi connectivity index (χ3n) is 3.56. The molecule has 1 fully saturated rings. The molecule has 22 heavy (non-hydrogen) atoms. The lowest BCUT2D eigenvalue weighted by molar-refractivity contribution is -0.120. The Morgan fingerprint density at radius 3 is 2.82 bits per heavy atom. The van der Waals surface area contributed by atoms with Gasteiger partial charge in [-0.1, -0.05) is 11.6 Å². The Kier molecular flexibility index (Phi) is 6.17. The number of rotatable bonds is 6. The number of amides is 1. The minimum atomic E-state index is -0.0124. The molecule has 1 heterocycles. The first-order chi connectivity index (χ1) is 10.2. The summed E-state index contributed by atoms with van der Waals surface area (Å²) in [6.07, 6.45) is 2.56. The van der Waals surface area contributed by atoms with E-state index in [1.807, 2.05) is 6.07 Å². The van der Waals surface area contributed by atoms with Crippen LogP contribution in [0.4, 0.5) is 0 Å². The SMILES string of the molecule is Cl.O=C(CNCC1CC1)NCc1cc(Cl)c2c(c1)OCCO2.